The quantitative estimate of drug-likeness (QED) is 0.318. The highest BCUT2D eigenvalue weighted by Gasteiger charge is 2.25. The zero-order chi connectivity index (χ0) is 31.3. The van der Waals surface area contributed by atoms with Gasteiger partial charge in [-0.25, -0.2) is 18.7 Å². The first-order valence-corrected chi connectivity index (χ1v) is 14.2. The van der Waals surface area contributed by atoms with E-state index in [2.05, 4.69) is 25.6 Å². The second-order valence-corrected chi connectivity index (χ2v) is 11.1. The Balaban J connectivity index is 1.46. The summed E-state index contributed by atoms with van der Waals surface area (Å²) in [5.74, 6) is 0.0312. The van der Waals surface area contributed by atoms with E-state index in [1.165, 1.54) is 16.8 Å². The molecule has 44 heavy (non-hydrogen) atoms. The van der Waals surface area contributed by atoms with E-state index < -0.39 is 23.0 Å². The van der Waals surface area contributed by atoms with E-state index in [1.54, 1.807) is 64.3 Å². The van der Waals surface area contributed by atoms with Crippen LogP contribution >= 0.6 is 0 Å². The van der Waals surface area contributed by atoms with E-state index in [0.717, 1.165) is 32.9 Å². The Hall–Kier alpha value is -5.39. The van der Waals surface area contributed by atoms with Crippen LogP contribution in [-0.2, 0) is 6.54 Å². The largest absolute Gasteiger partial charge is 0.369 e. The van der Waals surface area contributed by atoms with Gasteiger partial charge in [0.1, 0.15) is 23.0 Å². The molecule has 224 valence electrons. The summed E-state index contributed by atoms with van der Waals surface area (Å²) in [4.78, 5) is 53.4. The number of carbonyl (C=O) groups is 1. The molecule has 6 rings (SSSR count). The van der Waals surface area contributed by atoms with Crippen molar-refractivity contribution in [1.82, 2.24) is 23.7 Å². The molecule has 0 spiro atoms. The number of fused-ring (bicyclic) bond motifs is 3. The molecule has 0 saturated heterocycles. The maximum absolute atomic E-state index is 15.4. The van der Waals surface area contributed by atoms with Crippen molar-refractivity contribution in [2.45, 2.75) is 40.3 Å². The number of hydrogen-bond donors (Lipinski definition) is 2. The van der Waals surface area contributed by atoms with Crippen molar-refractivity contribution in [2.75, 3.05) is 24.2 Å². The van der Waals surface area contributed by atoms with Gasteiger partial charge in [-0.2, -0.15) is 4.98 Å². The van der Waals surface area contributed by atoms with Crippen LogP contribution < -0.4 is 27.5 Å². The third-order valence-electron chi connectivity index (χ3n) is 7.75. The molecular weight excluding hydrogens is 563 g/mol. The Kier molecular flexibility index (Phi) is 7.20. The van der Waals surface area contributed by atoms with Gasteiger partial charge in [0.05, 0.1) is 11.4 Å². The first-order valence-electron chi connectivity index (χ1n) is 14.2. The summed E-state index contributed by atoms with van der Waals surface area (Å²) in [6.07, 6.45) is 2.93. The molecule has 0 aliphatic carbocycles. The zero-order valence-corrected chi connectivity index (χ0v) is 25.0. The molecule has 4 heterocycles. The molecule has 2 N–H and O–H groups in total. The smallest absolute Gasteiger partial charge is 0.335 e. The molecule has 1 aromatic heterocycles. The number of hydrogen-bond acceptors (Lipinski definition) is 7. The number of anilines is 2. The zero-order valence-electron chi connectivity index (χ0n) is 25.0. The molecule has 3 aliphatic heterocycles. The van der Waals surface area contributed by atoms with E-state index in [9.17, 15) is 14.4 Å². The Morgan fingerprint density at radius 3 is 2.55 bits per heavy atom. The van der Waals surface area contributed by atoms with Gasteiger partial charge < -0.3 is 15.2 Å². The summed E-state index contributed by atoms with van der Waals surface area (Å²) in [6, 6.07) is 11.3. The maximum Gasteiger partial charge on any atom is 0.335 e. The summed E-state index contributed by atoms with van der Waals surface area (Å²) in [5.41, 5.74) is 2.76. The van der Waals surface area contributed by atoms with Gasteiger partial charge in [0.25, 0.3) is 11.5 Å². The number of pyridine rings is 1. The number of amides is 1. The van der Waals surface area contributed by atoms with E-state index in [-0.39, 0.29) is 17.3 Å². The molecule has 1 amide bonds. The molecular formula is C32H31FN8O3. The van der Waals surface area contributed by atoms with Gasteiger partial charge in [-0.1, -0.05) is 17.7 Å². The van der Waals surface area contributed by atoms with Gasteiger partial charge in [-0.3, -0.25) is 19.1 Å². The Labute approximate surface area is 251 Å². The van der Waals surface area contributed by atoms with E-state index >= 15 is 4.39 Å². The number of nitrogens with one attached hydrogen (secondary N) is 2. The van der Waals surface area contributed by atoms with Gasteiger partial charge in [-0.15, -0.1) is 0 Å². The predicted molar refractivity (Wildman–Crippen MR) is 166 cm³/mol. The van der Waals surface area contributed by atoms with Crippen LogP contribution in [0.4, 0.5) is 15.9 Å². The van der Waals surface area contributed by atoms with Crippen molar-refractivity contribution in [3.05, 3.63) is 104 Å². The van der Waals surface area contributed by atoms with Crippen molar-refractivity contribution in [2.24, 2.45) is 4.99 Å². The van der Waals surface area contributed by atoms with E-state index in [0.29, 0.717) is 35.5 Å². The monoisotopic (exact) mass is 594 g/mol. The minimum absolute atomic E-state index is 0.104. The molecule has 0 saturated carbocycles. The van der Waals surface area contributed by atoms with Crippen molar-refractivity contribution in [1.29, 1.82) is 0 Å². The summed E-state index contributed by atoms with van der Waals surface area (Å²) < 4.78 is 19.7. The SMILES string of the molecule is CN=c1ncc2cc(-c3cc(NC(=O)c4cn(C(C)C)c(=O)n(-c5ccc(C)cc5)c4=O)c(F)cc3C)c3n(c-2n1)CCN3. The highest BCUT2D eigenvalue weighted by Crippen LogP contribution is 2.39. The summed E-state index contributed by atoms with van der Waals surface area (Å²) in [5, 5.41) is 5.99. The second kappa shape index (κ2) is 11.0. The third kappa shape index (κ3) is 4.87. The van der Waals surface area contributed by atoms with Crippen LogP contribution in [0.2, 0.25) is 0 Å². The average Bonchev–Trinajstić information content (AvgIpc) is 3.49. The molecule has 12 heteroatoms. The number of aryl methyl sites for hydroxylation is 2. The van der Waals surface area contributed by atoms with Crippen LogP contribution in [0.1, 0.15) is 41.4 Å². The fraction of sp³-hybridized carbons (Fsp3) is 0.250. The minimum Gasteiger partial charge on any atom is -0.369 e. The van der Waals surface area contributed by atoms with Crippen molar-refractivity contribution in [3.63, 3.8) is 0 Å². The number of nitrogens with zero attached hydrogens (tertiary/aromatic N) is 6. The molecule has 11 nitrogen and oxygen atoms in total. The lowest BCUT2D eigenvalue weighted by molar-refractivity contribution is 0.102. The summed E-state index contributed by atoms with van der Waals surface area (Å²) in [6.45, 7) is 8.57. The lowest BCUT2D eigenvalue weighted by atomic mass is 9.98. The maximum atomic E-state index is 15.4. The first-order chi connectivity index (χ1) is 21.1. The number of carbonyl (C=O) groups excluding carboxylic acids is 1. The van der Waals surface area contributed by atoms with E-state index in [4.69, 9.17) is 0 Å². The molecule has 0 radical (unpaired) electrons. The van der Waals surface area contributed by atoms with Crippen LogP contribution in [0, 0.1) is 19.7 Å². The van der Waals surface area contributed by atoms with Gasteiger partial charge in [0.15, 0.2) is 0 Å². The van der Waals surface area contributed by atoms with Crippen molar-refractivity contribution >= 4 is 17.4 Å². The van der Waals surface area contributed by atoms with Crippen LogP contribution in [0.15, 0.2) is 69.4 Å². The Morgan fingerprint density at radius 1 is 1.09 bits per heavy atom. The number of benzene rings is 2. The normalized spacial score (nSPS) is 12.9. The van der Waals surface area contributed by atoms with Crippen LogP contribution in [0.25, 0.3) is 28.2 Å². The van der Waals surface area contributed by atoms with E-state index in [1.807, 2.05) is 17.6 Å². The predicted octanol–water partition coefficient (Wildman–Crippen LogP) is 3.91. The first kappa shape index (κ1) is 28.7. The molecule has 0 fully saturated rings. The van der Waals surface area contributed by atoms with Crippen LogP contribution in [0.3, 0.4) is 0 Å². The van der Waals surface area contributed by atoms with Crippen molar-refractivity contribution in [3.8, 4) is 28.2 Å². The number of rotatable bonds is 5. The number of halogens is 1. The molecule has 2 aromatic carbocycles. The van der Waals surface area contributed by atoms with Crippen LogP contribution in [-0.4, -0.2) is 43.2 Å². The summed E-state index contributed by atoms with van der Waals surface area (Å²) >= 11 is 0. The van der Waals surface area contributed by atoms with Crippen molar-refractivity contribution < 1.29 is 9.18 Å². The molecule has 0 bridgehead atoms. The van der Waals surface area contributed by atoms with Gasteiger partial charge in [0.2, 0.25) is 5.62 Å². The van der Waals surface area contributed by atoms with Gasteiger partial charge >= 0.3 is 5.69 Å². The topological polar surface area (TPSA) is 128 Å². The molecule has 0 atom stereocenters. The third-order valence-corrected chi connectivity index (χ3v) is 7.75. The van der Waals surface area contributed by atoms with Gasteiger partial charge in [0, 0.05) is 49.7 Å². The second-order valence-electron chi connectivity index (χ2n) is 11.1. The molecule has 0 unspecified atom stereocenters. The highest BCUT2D eigenvalue weighted by molar-refractivity contribution is 6.04. The average molecular weight is 595 g/mol. The molecule has 3 aliphatic rings. The Bertz CT molecular complexity index is 2110. The molecule has 3 aromatic rings. The Morgan fingerprint density at radius 2 is 1.84 bits per heavy atom. The number of aromatic nitrogens is 5. The highest BCUT2D eigenvalue weighted by atomic mass is 19.1. The van der Waals surface area contributed by atoms with Gasteiger partial charge in [-0.05, 0) is 69.2 Å². The summed E-state index contributed by atoms with van der Waals surface area (Å²) in [7, 11) is 1.63. The fourth-order valence-corrected chi connectivity index (χ4v) is 5.44. The lowest BCUT2D eigenvalue weighted by Gasteiger charge is -2.19. The lowest BCUT2D eigenvalue weighted by Crippen LogP contribution is -2.42. The fourth-order valence-electron chi connectivity index (χ4n) is 5.44. The van der Waals surface area contributed by atoms with Crippen LogP contribution in [0.5, 0.6) is 0 Å². The standard InChI is InChI=1S/C32H31FN8O3/c1-17(2)40-16-24(30(43)41(32(40)44)21-8-6-18(3)7-9-21)29(42)37-26-14-22(19(4)12-25(26)33)23-13-20-15-36-31(34-5)38-27(20)39-11-10-35-28(23)39/h6-9,12-17,35H,10-11H2,1-5H3,(H,37,42). The minimum atomic E-state index is -0.834.